The molecule has 0 aliphatic heterocycles. The first-order chi connectivity index (χ1) is 19.0. The number of rotatable bonds is 12. The number of ether oxygens (including phenoxy) is 2. The average Bonchev–Trinajstić information content (AvgIpc) is 2.94. The number of amides is 2. The van der Waals surface area contributed by atoms with Gasteiger partial charge in [-0.05, 0) is 57.5 Å². The van der Waals surface area contributed by atoms with Gasteiger partial charge in [0.2, 0.25) is 11.8 Å². The molecule has 0 aliphatic rings. The van der Waals surface area contributed by atoms with Crippen molar-refractivity contribution in [3.8, 4) is 11.5 Å². The number of anilines is 1. The molecule has 1 N–H and O–H groups in total. The minimum Gasteiger partial charge on any atom is -0.497 e. The summed E-state index contributed by atoms with van der Waals surface area (Å²) in [5.74, 6) is -0.273. The van der Waals surface area contributed by atoms with Crippen LogP contribution in [-0.2, 0) is 26.2 Å². The second-order valence-corrected chi connectivity index (χ2v) is 11.6. The van der Waals surface area contributed by atoms with Crippen molar-refractivity contribution in [2.24, 2.45) is 0 Å². The molecule has 0 aromatic heterocycles. The Kier molecular flexibility index (Phi) is 10.2. The molecule has 0 radical (unpaired) electrons. The van der Waals surface area contributed by atoms with Gasteiger partial charge in [-0.15, -0.1) is 0 Å². The fraction of sp³-hybridized carbons (Fsp3) is 0.333. The molecular weight excluding hydrogens is 530 g/mol. The lowest BCUT2D eigenvalue weighted by molar-refractivity contribution is -0.139. The maximum absolute atomic E-state index is 14.0. The van der Waals surface area contributed by atoms with Crippen LogP contribution in [0.1, 0.15) is 31.9 Å². The number of hydrogen-bond acceptors (Lipinski definition) is 6. The van der Waals surface area contributed by atoms with Gasteiger partial charge in [-0.1, -0.05) is 48.0 Å². The van der Waals surface area contributed by atoms with Crippen molar-refractivity contribution in [3.63, 3.8) is 0 Å². The second kappa shape index (κ2) is 13.3. The van der Waals surface area contributed by atoms with Crippen LogP contribution < -0.4 is 19.1 Å². The molecule has 214 valence electrons. The van der Waals surface area contributed by atoms with E-state index in [9.17, 15) is 18.0 Å². The average molecular weight is 568 g/mol. The quantitative estimate of drug-likeness (QED) is 0.353. The van der Waals surface area contributed by atoms with E-state index in [4.69, 9.17) is 9.47 Å². The smallest absolute Gasteiger partial charge is 0.264 e. The fourth-order valence-electron chi connectivity index (χ4n) is 4.10. The van der Waals surface area contributed by atoms with Gasteiger partial charge in [0.1, 0.15) is 24.1 Å². The Morgan fingerprint density at radius 1 is 0.900 bits per heavy atom. The number of hydrogen-bond donors (Lipinski definition) is 1. The minimum atomic E-state index is -4.23. The second-order valence-electron chi connectivity index (χ2n) is 9.71. The molecule has 40 heavy (non-hydrogen) atoms. The van der Waals surface area contributed by atoms with Crippen LogP contribution in [0.5, 0.6) is 11.5 Å². The number of nitrogens with one attached hydrogen (secondary N) is 1. The van der Waals surface area contributed by atoms with E-state index in [1.165, 1.54) is 37.3 Å². The minimum absolute atomic E-state index is 0.00311. The highest BCUT2D eigenvalue weighted by Crippen LogP contribution is 2.36. The third-order valence-corrected chi connectivity index (χ3v) is 8.11. The predicted molar refractivity (Wildman–Crippen MR) is 155 cm³/mol. The summed E-state index contributed by atoms with van der Waals surface area (Å²) < 4.78 is 39.8. The normalized spacial score (nSPS) is 12.0. The topological polar surface area (TPSA) is 105 Å². The Morgan fingerprint density at radius 2 is 1.55 bits per heavy atom. The van der Waals surface area contributed by atoms with E-state index in [1.54, 1.807) is 37.3 Å². The molecule has 0 unspecified atom stereocenters. The van der Waals surface area contributed by atoms with E-state index in [1.807, 2.05) is 45.0 Å². The van der Waals surface area contributed by atoms with Gasteiger partial charge in [0.05, 0.1) is 24.8 Å². The Hall–Kier alpha value is -4.05. The standard InChI is InChI=1S/C30H37N3O6S/c1-21(2)31-30(35)23(4)32(19-24-14-12-22(3)13-15-24)29(34)20-33(40(36,37)26-10-8-7-9-11-26)27-18-25(38-5)16-17-28(27)39-6/h7-18,21,23H,19-20H2,1-6H3,(H,31,35)/t23-/m0/s1. The van der Waals surface area contributed by atoms with Crippen molar-refractivity contribution < 1.29 is 27.5 Å². The van der Waals surface area contributed by atoms with E-state index in [-0.39, 0.29) is 34.8 Å². The molecule has 3 rings (SSSR count). The molecule has 0 saturated heterocycles. The van der Waals surface area contributed by atoms with Crippen molar-refractivity contribution >= 4 is 27.5 Å². The third-order valence-electron chi connectivity index (χ3n) is 6.34. The zero-order valence-electron chi connectivity index (χ0n) is 23.7. The first-order valence-electron chi connectivity index (χ1n) is 12.9. The lowest BCUT2D eigenvalue weighted by Gasteiger charge is -2.32. The first kappa shape index (κ1) is 30.5. The zero-order valence-corrected chi connectivity index (χ0v) is 24.6. The fourth-order valence-corrected chi connectivity index (χ4v) is 5.54. The highest BCUT2D eigenvalue weighted by Gasteiger charge is 2.34. The van der Waals surface area contributed by atoms with Gasteiger partial charge in [-0.2, -0.15) is 0 Å². The lowest BCUT2D eigenvalue weighted by atomic mass is 10.1. The van der Waals surface area contributed by atoms with Gasteiger partial charge in [0.25, 0.3) is 10.0 Å². The number of methoxy groups -OCH3 is 2. The lowest BCUT2D eigenvalue weighted by Crippen LogP contribution is -2.52. The van der Waals surface area contributed by atoms with Gasteiger partial charge in [-0.25, -0.2) is 8.42 Å². The molecule has 0 aliphatic carbocycles. The summed E-state index contributed by atoms with van der Waals surface area (Å²) >= 11 is 0. The summed E-state index contributed by atoms with van der Waals surface area (Å²) in [6, 6.07) is 19.2. The van der Waals surface area contributed by atoms with Crippen LogP contribution in [0.2, 0.25) is 0 Å². The SMILES string of the molecule is COc1ccc(OC)c(N(CC(=O)N(Cc2ccc(C)cc2)[C@@H](C)C(=O)NC(C)C)S(=O)(=O)c2ccccc2)c1. The molecular formula is C30H37N3O6S. The van der Waals surface area contributed by atoms with E-state index >= 15 is 0 Å². The number of sulfonamides is 1. The van der Waals surface area contributed by atoms with Crippen molar-refractivity contribution in [2.75, 3.05) is 25.1 Å². The number of benzene rings is 3. The maximum Gasteiger partial charge on any atom is 0.264 e. The van der Waals surface area contributed by atoms with Crippen LogP contribution in [0.25, 0.3) is 0 Å². The van der Waals surface area contributed by atoms with E-state index in [0.717, 1.165) is 15.4 Å². The largest absolute Gasteiger partial charge is 0.497 e. The van der Waals surface area contributed by atoms with Crippen molar-refractivity contribution in [2.45, 2.75) is 51.2 Å². The molecule has 0 heterocycles. The molecule has 3 aromatic carbocycles. The van der Waals surface area contributed by atoms with Gasteiger partial charge >= 0.3 is 0 Å². The molecule has 0 spiro atoms. The molecule has 0 bridgehead atoms. The van der Waals surface area contributed by atoms with Crippen LogP contribution in [0.3, 0.4) is 0 Å². The number of nitrogens with zero attached hydrogens (tertiary/aromatic N) is 2. The van der Waals surface area contributed by atoms with E-state index in [0.29, 0.717) is 5.75 Å². The summed E-state index contributed by atoms with van der Waals surface area (Å²) in [5.41, 5.74) is 1.99. The third kappa shape index (κ3) is 7.32. The van der Waals surface area contributed by atoms with Crippen LogP contribution in [-0.4, -0.2) is 58.0 Å². The highest BCUT2D eigenvalue weighted by molar-refractivity contribution is 7.92. The summed E-state index contributed by atoms with van der Waals surface area (Å²) in [6.45, 7) is 6.79. The molecule has 9 nitrogen and oxygen atoms in total. The Labute approximate surface area is 236 Å². The van der Waals surface area contributed by atoms with Gasteiger partial charge < -0.3 is 19.7 Å². The van der Waals surface area contributed by atoms with Crippen LogP contribution in [0.4, 0.5) is 5.69 Å². The van der Waals surface area contributed by atoms with Crippen molar-refractivity contribution in [3.05, 3.63) is 83.9 Å². The summed E-state index contributed by atoms with van der Waals surface area (Å²) in [6.07, 6.45) is 0. The molecule has 0 fully saturated rings. The van der Waals surface area contributed by atoms with Gasteiger partial charge in [0.15, 0.2) is 0 Å². The van der Waals surface area contributed by atoms with E-state index < -0.39 is 28.5 Å². The number of carbonyl (C=O) groups excluding carboxylic acids is 2. The van der Waals surface area contributed by atoms with Crippen LogP contribution in [0.15, 0.2) is 77.7 Å². The van der Waals surface area contributed by atoms with Crippen molar-refractivity contribution in [1.82, 2.24) is 10.2 Å². The first-order valence-corrected chi connectivity index (χ1v) is 14.4. The summed E-state index contributed by atoms with van der Waals surface area (Å²) in [7, 11) is -1.35. The maximum atomic E-state index is 14.0. The van der Waals surface area contributed by atoms with Crippen LogP contribution >= 0.6 is 0 Å². The molecule has 0 saturated carbocycles. The van der Waals surface area contributed by atoms with Crippen molar-refractivity contribution in [1.29, 1.82) is 0 Å². The monoisotopic (exact) mass is 567 g/mol. The number of carbonyl (C=O) groups is 2. The Morgan fingerprint density at radius 3 is 2.12 bits per heavy atom. The predicted octanol–water partition coefficient (Wildman–Crippen LogP) is 4.15. The molecule has 3 aromatic rings. The Bertz CT molecular complexity index is 1410. The van der Waals surface area contributed by atoms with Gasteiger partial charge in [-0.3, -0.25) is 13.9 Å². The Balaban J connectivity index is 2.10. The number of aryl methyl sites for hydroxylation is 1. The zero-order chi connectivity index (χ0) is 29.4. The molecule has 1 atom stereocenters. The van der Waals surface area contributed by atoms with Crippen LogP contribution in [0, 0.1) is 6.92 Å². The van der Waals surface area contributed by atoms with E-state index in [2.05, 4.69) is 5.32 Å². The summed E-state index contributed by atoms with van der Waals surface area (Å²) in [4.78, 5) is 28.5. The van der Waals surface area contributed by atoms with Gasteiger partial charge in [0, 0.05) is 18.7 Å². The molecule has 2 amide bonds. The summed E-state index contributed by atoms with van der Waals surface area (Å²) in [5, 5.41) is 2.85. The molecule has 10 heteroatoms. The highest BCUT2D eigenvalue weighted by atomic mass is 32.2.